The van der Waals surface area contributed by atoms with Crippen LogP contribution in [0.5, 0.6) is 0 Å². The van der Waals surface area contributed by atoms with Crippen LogP contribution in [0.3, 0.4) is 0 Å². The number of amides is 1. The second-order valence-electron chi connectivity index (χ2n) is 4.06. The van der Waals surface area contributed by atoms with Gasteiger partial charge in [0.2, 0.25) is 0 Å². The molecule has 0 aromatic heterocycles. The summed E-state index contributed by atoms with van der Waals surface area (Å²) < 4.78 is 0. The number of fused-ring (bicyclic) bond motifs is 1. The van der Waals surface area contributed by atoms with Crippen LogP contribution < -0.4 is 10.6 Å². The van der Waals surface area contributed by atoms with E-state index in [-0.39, 0.29) is 11.6 Å². The number of rotatable bonds is 2. The van der Waals surface area contributed by atoms with Crippen molar-refractivity contribution in [2.24, 2.45) is 0 Å². The second-order valence-corrected chi connectivity index (χ2v) is 4.49. The zero-order chi connectivity index (χ0) is 11.8. The molecule has 0 unspecified atom stereocenters. The van der Waals surface area contributed by atoms with Gasteiger partial charge in [0.1, 0.15) is 5.66 Å². The fourth-order valence-corrected chi connectivity index (χ4v) is 2.17. The predicted octanol–water partition coefficient (Wildman–Crippen LogP) is 3.01. The molecular weight excluding hydrogens is 224 g/mol. The van der Waals surface area contributed by atoms with Gasteiger partial charge >= 0.3 is 0 Å². The minimum atomic E-state index is -0.339. The molecule has 0 aliphatic carbocycles. The SMILES string of the molecule is CCC1(CC)NC(=O)c2ccc(Cl)cc2N1. The Labute approximate surface area is 100 Å². The maximum atomic E-state index is 11.9. The number of nitrogens with one attached hydrogen (secondary N) is 2. The van der Waals surface area contributed by atoms with Crippen LogP contribution in [0.25, 0.3) is 0 Å². The van der Waals surface area contributed by atoms with Gasteiger partial charge in [-0.25, -0.2) is 0 Å². The molecule has 0 saturated heterocycles. The highest BCUT2D eigenvalue weighted by molar-refractivity contribution is 6.31. The summed E-state index contributed by atoms with van der Waals surface area (Å²) in [4.78, 5) is 11.9. The van der Waals surface area contributed by atoms with Crippen LogP contribution in [-0.4, -0.2) is 11.6 Å². The molecule has 1 aromatic carbocycles. The lowest BCUT2D eigenvalue weighted by Crippen LogP contribution is -2.56. The average Bonchev–Trinajstić information content (AvgIpc) is 2.28. The molecule has 2 N–H and O–H groups in total. The highest BCUT2D eigenvalue weighted by Crippen LogP contribution is 2.30. The van der Waals surface area contributed by atoms with E-state index in [0.29, 0.717) is 10.6 Å². The molecule has 4 heteroatoms. The number of hydrogen-bond acceptors (Lipinski definition) is 2. The quantitative estimate of drug-likeness (QED) is 0.832. The molecule has 0 bridgehead atoms. The normalized spacial score (nSPS) is 17.3. The van der Waals surface area contributed by atoms with E-state index in [1.807, 2.05) is 13.8 Å². The third-order valence-corrected chi connectivity index (χ3v) is 3.40. The maximum absolute atomic E-state index is 11.9. The maximum Gasteiger partial charge on any atom is 0.255 e. The molecule has 1 amide bonds. The van der Waals surface area contributed by atoms with Crippen molar-refractivity contribution < 1.29 is 4.79 Å². The van der Waals surface area contributed by atoms with E-state index in [1.165, 1.54) is 0 Å². The summed E-state index contributed by atoms with van der Waals surface area (Å²) in [6.07, 6.45) is 1.67. The van der Waals surface area contributed by atoms with E-state index < -0.39 is 0 Å². The Balaban J connectivity index is 2.45. The summed E-state index contributed by atoms with van der Waals surface area (Å²) >= 11 is 5.93. The number of benzene rings is 1. The fourth-order valence-electron chi connectivity index (χ4n) is 2.00. The summed E-state index contributed by atoms with van der Waals surface area (Å²) in [5.74, 6) is -0.0332. The van der Waals surface area contributed by atoms with Gasteiger partial charge < -0.3 is 10.6 Å². The van der Waals surface area contributed by atoms with Gasteiger partial charge in [-0.15, -0.1) is 0 Å². The number of anilines is 1. The van der Waals surface area contributed by atoms with E-state index in [9.17, 15) is 4.79 Å². The lowest BCUT2D eigenvalue weighted by Gasteiger charge is -2.39. The van der Waals surface area contributed by atoms with Gasteiger partial charge in [-0.05, 0) is 31.0 Å². The van der Waals surface area contributed by atoms with E-state index >= 15 is 0 Å². The van der Waals surface area contributed by atoms with Crippen molar-refractivity contribution in [1.29, 1.82) is 0 Å². The lowest BCUT2D eigenvalue weighted by molar-refractivity contribution is 0.0895. The van der Waals surface area contributed by atoms with Gasteiger partial charge in [0.05, 0.1) is 11.3 Å². The van der Waals surface area contributed by atoms with Crippen molar-refractivity contribution in [2.45, 2.75) is 32.4 Å². The minimum Gasteiger partial charge on any atom is -0.362 e. The second kappa shape index (κ2) is 3.98. The molecule has 86 valence electrons. The van der Waals surface area contributed by atoms with Gasteiger partial charge in [0.25, 0.3) is 5.91 Å². The van der Waals surface area contributed by atoms with Gasteiger partial charge in [-0.3, -0.25) is 4.79 Å². The monoisotopic (exact) mass is 238 g/mol. The summed E-state index contributed by atoms with van der Waals surface area (Å²) in [6, 6.07) is 5.28. The molecule has 0 atom stereocenters. The molecule has 0 radical (unpaired) electrons. The molecule has 1 aliphatic heterocycles. The van der Waals surface area contributed by atoms with Crippen LogP contribution >= 0.6 is 11.6 Å². The standard InChI is InChI=1S/C12H15ClN2O/c1-3-12(4-2)14-10-7-8(13)5-6-9(10)11(16)15-12/h5-7,14H,3-4H2,1-2H3,(H,15,16). The van der Waals surface area contributed by atoms with Crippen LogP contribution in [0.2, 0.25) is 5.02 Å². The first kappa shape index (κ1) is 11.3. The van der Waals surface area contributed by atoms with Gasteiger partial charge in [-0.1, -0.05) is 25.4 Å². The Bertz CT molecular complexity index is 427. The zero-order valence-electron chi connectivity index (χ0n) is 9.43. The zero-order valence-corrected chi connectivity index (χ0v) is 10.2. The number of halogens is 1. The van der Waals surface area contributed by atoms with Gasteiger partial charge in [0.15, 0.2) is 0 Å². The first-order valence-corrected chi connectivity index (χ1v) is 5.88. The molecule has 16 heavy (non-hydrogen) atoms. The van der Waals surface area contributed by atoms with E-state index in [0.717, 1.165) is 18.5 Å². The van der Waals surface area contributed by atoms with Crippen molar-refractivity contribution in [3.63, 3.8) is 0 Å². The molecule has 2 rings (SSSR count). The van der Waals surface area contributed by atoms with Crippen LogP contribution in [0, 0.1) is 0 Å². The Morgan fingerprint density at radius 1 is 1.25 bits per heavy atom. The smallest absolute Gasteiger partial charge is 0.255 e. The third-order valence-electron chi connectivity index (χ3n) is 3.16. The van der Waals surface area contributed by atoms with Crippen LogP contribution in [0.15, 0.2) is 18.2 Å². The van der Waals surface area contributed by atoms with Crippen LogP contribution in [-0.2, 0) is 0 Å². The van der Waals surface area contributed by atoms with Crippen molar-refractivity contribution in [2.75, 3.05) is 5.32 Å². The van der Waals surface area contributed by atoms with Crippen LogP contribution in [0.1, 0.15) is 37.0 Å². The van der Waals surface area contributed by atoms with Gasteiger partial charge in [-0.2, -0.15) is 0 Å². The highest BCUT2D eigenvalue weighted by Gasteiger charge is 2.34. The average molecular weight is 239 g/mol. The summed E-state index contributed by atoms with van der Waals surface area (Å²) in [5, 5.41) is 7.02. The fraction of sp³-hybridized carbons (Fsp3) is 0.417. The summed E-state index contributed by atoms with van der Waals surface area (Å²) in [6.45, 7) is 4.10. The Kier molecular flexibility index (Phi) is 2.80. The summed E-state index contributed by atoms with van der Waals surface area (Å²) in [5.41, 5.74) is 1.14. The molecule has 0 fully saturated rings. The minimum absolute atomic E-state index is 0.0332. The van der Waals surface area contributed by atoms with Crippen LogP contribution in [0.4, 0.5) is 5.69 Å². The Morgan fingerprint density at radius 3 is 2.56 bits per heavy atom. The first-order chi connectivity index (χ1) is 7.60. The van der Waals surface area contributed by atoms with E-state index in [1.54, 1.807) is 18.2 Å². The topological polar surface area (TPSA) is 41.1 Å². The molecule has 0 spiro atoms. The largest absolute Gasteiger partial charge is 0.362 e. The van der Waals surface area contributed by atoms with Crippen molar-refractivity contribution in [3.8, 4) is 0 Å². The van der Waals surface area contributed by atoms with Crippen molar-refractivity contribution in [3.05, 3.63) is 28.8 Å². The van der Waals surface area contributed by atoms with Gasteiger partial charge in [0, 0.05) is 5.02 Å². The molecular formula is C12H15ClN2O. The molecule has 0 saturated carbocycles. The molecule has 3 nitrogen and oxygen atoms in total. The molecule has 1 aliphatic rings. The molecule has 1 heterocycles. The Hall–Kier alpha value is -1.22. The lowest BCUT2D eigenvalue weighted by atomic mass is 9.97. The number of carbonyl (C=O) groups is 1. The number of carbonyl (C=O) groups excluding carboxylic acids is 1. The third kappa shape index (κ3) is 1.76. The summed E-state index contributed by atoms with van der Waals surface area (Å²) in [7, 11) is 0. The van der Waals surface area contributed by atoms with Crippen molar-refractivity contribution >= 4 is 23.2 Å². The predicted molar refractivity (Wildman–Crippen MR) is 65.9 cm³/mol. The van der Waals surface area contributed by atoms with Crippen molar-refractivity contribution in [1.82, 2.24) is 5.32 Å². The first-order valence-electron chi connectivity index (χ1n) is 5.50. The molecule has 1 aromatic rings. The number of hydrogen-bond donors (Lipinski definition) is 2. The van der Waals surface area contributed by atoms with E-state index in [4.69, 9.17) is 11.6 Å². The Morgan fingerprint density at radius 2 is 1.94 bits per heavy atom. The highest BCUT2D eigenvalue weighted by atomic mass is 35.5. The van der Waals surface area contributed by atoms with E-state index in [2.05, 4.69) is 10.6 Å².